The molecule has 1 aliphatic heterocycles. The van der Waals surface area contributed by atoms with Crippen molar-refractivity contribution in [2.24, 2.45) is 5.92 Å². The molecule has 1 atom stereocenters. The summed E-state index contributed by atoms with van der Waals surface area (Å²) in [6.45, 7) is 1.52. The number of carbonyl (C=O) groups excluding carboxylic acids is 1. The minimum atomic E-state index is -4.00. The summed E-state index contributed by atoms with van der Waals surface area (Å²) >= 11 is 0. The van der Waals surface area contributed by atoms with Gasteiger partial charge in [0.05, 0.1) is 36.8 Å². The zero-order chi connectivity index (χ0) is 26.0. The van der Waals surface area contributed by atoms with E-state index in [1.807, 2.05) is 0 Å². The summed E-state index contributed by atoms with van der Waals surface area (Å²) in [4.78, 5) is 19.3. The molecule has 0 spiro atoms. The van der Waals surface area contributed by atoms with Gasteiger partial charge in [-0.25, -0.2) is 22.2 Å². The Bertz CT molecular complexity index is 1360. The van der Waals surface area contributed by atoms with Gasteiger partial charge in [-0.3, -0.25) is 4.79 Å². The van der Waals surface area contributed by atoms with E-state index in [9.17, 15) is 22.0 Å². The fraction of sp³-hybridized carbons (Fsp3) is 0.407. The summed E-state index contributed by atoms with van der Waals surface area (Å²) in [7, 11) is -4.00. The van der Waals surface area contributed by atoms with Crippen LogP contribution in [0.5, 0.6) is 0 Å². The largest absolute Gasteiger partial charge is 0.376 e. The second-order valence-electron chi connectivity index (χ2n) is 9.76. The molecule has 7 nitrogen and oxygen atoms in total. The average molecular weight is 530 g/mol. The summed E-state index contributed by atoms with van der Waals surface area (Å²) in [5.74, 6) is -1.42. The van der Waals surface area contributed by atoms with Crippen LogP contribution in [-0.2, 0) is 33.4 Å². The van der Waals surface area contributed by atoms with Crippen molar-refractivity contribution in [1.82, 2.24) is 14.5 Å². The summed E-state index contributed by atoms with van der Waals surface area (Å²) in [6, 6.07) is 11.2. The van der Waals surface area contributed by atoms with Gasteiger partial charge in [0.1, 0.15) is 11.6 Å². The van der Waals surface area contributed by atoms with Crippen molar-refractivity contribution >= 4 is 15.7 Å². The lowest BCUT2D eigenvalue weighted by atomic mass is 10.1. The van der Waals surface area contributed by atoms with E-state index in [4.69, 9.17) is 4.74 Å². The number of rotatable bonds is 10. The molecular formula is C27H29F2N3O4S. The van der Waals surface area contributed by atoms with Crippen LogP contribution >= 0.6 is 0 Å². The Morgan fingerprint density at radius 2 is 1.84 bits per heavy atom. The van der Waals surface area contributed by atoms with E-state index in [0.29, 0.717) is 30.3 Å². The first-order valence-electron chi connectivity index (χ1n) is 12.5. The van der Waals surface area contributed by atoms with E-state index in [-0.39, 0.29) is 35.8 Å². The summed E-state index contributed by atoms with van der Waals surface area (Å²) < 4.78 is 61.9. The number of hydrogen-bond acceptors (Lipinski definition) is 5. The smallest absolute Gasteiger partial charge is 0.254 e. The maximum absolute atomic E-state index is 14.3. The highest BCUT2D eigenvalue weighted by atomic mass is 32.2. The third kappa shape index (κ3) is 6.07. The number of imidazole rings is 1. The zero-order valence-corrected chi connectivity index (χ0v) is 21.2. The molecule has 1 saturated carbocycles. The number of ether oxygens (including phenoxy) is 1. The van der Waals surface area contributed by atoms with Crippen molar-refractivity contribution in [3.05, 3.63) is 83.2 Å². The van der Waals surface area contributed by atoms with Crippen LogP contribution in [0.1, 0.15) is 47.3 Å². The first-order valence-corrected chi connectivity index (χ1v) is 14.1. The lowest BCUT2D eigenvalue weighted by Crippen LogP contribution is -2.34. The Labute approximate surface area is 215 Å². The van der Waals surface area contributed by atoms with E-state index in [1.165, 1.54) is 48.7 Å². The number of sulfone groups is 1. The highest BCUT2D eigenvalue weighted by molar-refractivity contribution is 7.90. The Balaban J connectivity index is 1.47. The SMILES string of the molecule is O=C(c1ccc(F)cc1)N(Cc1cnc(S(=O)(=O)Cc2ccccc2F)n1C[C@@H]1CCCO1)CC1CC1. The molecule has 1 aliphatic carbocycles. The number of carbonyl (C=O) groups is 1. The molecule has 2 aliphatic rings. The van der Waals surface area contributed by atoms with E-state index in [1.54, 1.807) is 15.5 Å². The van der Waals surface area contributed by atoms with E-state index >= 15 is 0 Å². The summed E-state index contributed by atoms with van der Waals surface area (Å²) in [5, 5.41) is -0.165. The Kier molecular flexibility index (Phi) is 7.39. The van der Waals surface area contributed by atoms with Crippen molar-refractivity contribution in [2.75, 3.05) is 13.2 Å². The molecule has 0 N–H and O–H groups in total. The van der Waals surface area contributed by atoms with Crippen LogP contribution in [-0.4, -0.2) is 48.0 Å². The summed E-state index contributed by atoms with van der Waals surface area (Å²) in [6.07, 6.45) is 4.99. The quantitative estimate of drug-likeness (QED) is 0.390. The van der Waals surface area contributed by atoms with E-state index in [0.717, 1.165) is 25.7 Å². The van der Waals surface area contributed by atoms with Gasteiger partial charge in [-0.05, 0) is 61.9 Å². The number of hydrogen-bond donors (Lipinski definition) is 0. The molecule has 1 saturated heterocycles. The molecule has 2 aromatic carbocycles. The molecule has 2 heterocycles. The minimum absolute atomic E-state index is 0.0672. The standard InChI is InChI=1S/C27H29F2N3O4S/c28-22-11-9-20(10-12-22)26(33)31(15-19-7-8-19)16-23-14-30-27(32(23)17-24-5-3-13-36-24)37(34,35)18-21-4-1-2-6-25(21)29/h1-2,4,6,9-12,14,19,24H,3,5,7-8,13,15-18H2/t24-/m0/s1. The van der Waals surface area contributed by atoms with Crippen LogP contribution in [0.25, 0.3) is 0 Å². The van der Waals surface area contributed by atoms with Crippen LogP contribution in [0.2, 0.25) is 0 Å². The van der Waals surface area contributed by atoms with Gasteiger partial charge in [-0.1, -0.05) is 18.2 Å². The van der Waals surface area contributed by atoms with Crippen molar-refractivity contribution in [1.29, 1.82) is 0 Å². The molecule has 3 aromatic rings. The monoisotopic (exact) mass is 529 g/mol. The number of aromatic nitrogens is 2. The third-order valence-electron chi connectivity index (χ3n) is 6.80. The lowest BCUT2D eigenvalue weighted by Gasteiger charge is -2.24. The van der Waals surface area contributed by atoms with Crippen molar-refractivity contribution < 1.29 is 26.7 Å². The maximum atomic E-state index is 14.3. The van der Waals surface area contributed by atoms with Gasteiger partial charge in [0.25, 0.3) is 5.91 Å². The molecule has 5 rings (SSSR count). The van der Waals surface area contributed by atoms with Crippen LogP contribution < -0.4 is 0 Å². The maximum Gasteiger partial charge on any atom is 0.254 e. The fourth-order valence-corrected chi connectivity index (χ4v) is 6.15. The number of nitrogens with zero attached hydrogens (tertiary/aromatic N) is 3. The predicted octanol–water partition coefficient (Wildman–Crippen LogP) is 4.37. The van der Waals surface area contributed by atoms with Crippen LogP contribution in [0, 0.1) is 17.6 Å². The number of benzene rings is 2. The Morgan fingerprint density at radius 3 is 2.51 bits per heavy atom. The summed E-state index contributed by atoms with van der Waals surface area (Å²) in [5.41, 5.74) is 0.982. The third-order valence-corrected chi connectivity index (χ3v) is 8.37. The van der Waals surface area contributed by atoms with Gasteiger partial charge in [-0.2, -0.15) is 0 Å². The molecular weight excluding hydrogens is 500 g/mol. The topological polar surface area (TPSA) is 81.5 Å². The van der Waals surface area contributed by atoms with Gasteiger partial charge in [0.15, 0.2) is 0 Å². The Hall–Kier alpha value is -3.11. The lowest BCUT2D eigenvalue weighted by molar-refractivity contribution is 0.0723. The normalized spacial score (nSPS) is 17.7. The van der Waals surface area contributed by atoms with Gasteiger partial charge in [0, 0.05) is 24.3 Å². The molecule has 10 heteroatoms. The van der Waals surface area contributed by atoms with E-state index < -0.39 is 27.2 Å². The molecule has 1 amide bonds. The van der Waals surface area contributed by atoms with Gasteiger partial charge < -0.3 is 14.2 Å². The molecule has 2 fully saturated rings. The number of amides is 1. The van der Waals surface area contributed by atoms with Gasteiger partial charge in [0.2, 0.25) is 15.0 Å². The Morgan fingerprint density at radius 1 is 1.08 bits per heavy atom. The molecule has 37 heavy (non-hydrogen) atoms. The highest BCUT2D eigenvalue weighted by Gasteiger charge is 2.31. The highest BCUT2D eigenvalue weighted by Crippen LogP contribution is 2.31. The first-order chi connectivity index (χ1) is 17.8. The molecule has 1 aromatic heterocycles. The molecule has 0 radical (unpaired) electrons. The van der Waals surface area contributed by atoms with Crippen molar-refractivity contribution in [2.45, 2.75) is 55.8 Å². The zero-order valence-electron chi connectivity index (χ0n) is 20.4. The molecule has 0 bridgehead atoms. The average Bonchev–Trinajstić information content (AvgIpc) is 3.37. The molecule has 0 unspecified atom stereocenters. The van der Waals surface area contributed by atoms with Gasteiger partial charge >= 0.3 is 0 Å². The fourth-order valence-electron chi connectivity index (χ4n) is 4.64. The van der Waals surface area contributed by atoms with Crippen LogP contribution in [0.4, 0.5) is 8.78 Å². The first kappa shape index (κ1) is 25.5. The van der Waals surface area contributed by atoms with Crippen LogP contribution in [0.3, 0.4) is 0 Å². The number of halogens is 2. The van der Waals surface area contributed by atoms with Crippen molar-refractivity contribution in [3.63, 3.8) is 0 Å². The predicted molar refractivity (Wildman–Crippen MR) is 132 cm³/mol. The van der Waals surface area contributed by atoms with Crippen LogP contribution in [0.15, 0.2) is 59.9 Å². The van der Waals surface area contributed by atoms with Crippen molar-refractivity contribution in [3.8, 4) is 0 Å². The second kappa shape index (κ2) is 10.7. The molecule has 196 valence electrons. The van der Waals surface area contributed by atoms with E-state index in [2.05, 4.69) is 4.98 Å². The second-order valence-corrected chi connectivity index (χ2v) is 11.6. The van der Waals surface area contributed by atoms with Gasteiger partial charge in [-0.15, -0.1) is 0 Å². The minimum Gasteiger partial charge on any atom is -0.376 e.